The van der Waals surface area contributed by atoms with Crippen molar-refractivity contribution in [3.63, 3.8) is 0 Å². The monoisotopic (exact) mass is 442 g/mol. The van der Waals surface area contributed by atoms with Crippen LogP contribution in [-0.4, -0.2) is 22.5 Å². The van der Waals surface area contributed by atoms with Crippen LogP contribution >= 0.6 is 11.3 Å². The van der Waals surface area contributed by atoms with E-state index in [4.69, 9.17) is 0 Å². The van der Waals surface area contributed by atoms with Gasteiger partial charge in [0.1, 0.15) is 5.82 Å². The molecule has 0 atom stereocenters. The van der Waals surface area contributed by atoms with Gasteiger partial charge in [-0.2, -0.15) is 0 Å². The fourth-order valence-electron chi connectivity index (χ4n) is 3.43. The van der Waals surface area contributed by atoms with Crippen LogP contribution in [0.15, 0.2) is 64.5 Å². The zero-order valence-corrected chi connectivity index (χ0v) is 18.3. The normalized spacial score (nSPS) is 11.9. The minimum Gasteiger partial charge on any atom is -0.304 e. The minimum atomic E-state index is -3.74. The number of benzene rings is 2. The van der Waals surface area contributed by atoms with Gasteiger partial charge in [0, 0.05) is 25.5 Å². The lowest BCUT2D eigenvalue weighted by Crippen LogP contribution is -2.24. The highest BCUT2D eigenvalue weighted by atomic mass is 32.2. The fourth-order valence-corrected chi connectivity index (χ4v) is 5.50. The highest BCUT2D eigenvalue weighted by molar-refractivity contribution is 7.89. The molecular weight excluding hydrogens is 420 g/mol. The molecule has 0 spiro atoms. The highest BCUT2D eigenvalue weighted by Gasteiger charge is 2.17. The van der Waals surface area contributed by atoms with Gasteiger partial charge in [0.2, 0.25) is 10.0 Å². The smallest absolute Gasteiger partial charge is 0.304 e. The Hall–Kier alpha value is -2.75. The number of thiazole rings is 1. The number of nitrogens with one attached hydrogen (secondary N) is 1. The van der Waals surface area contributed by atoms with Crippen LogP contribution in [0.5, 0.6) is 0 Å². The number of nitrogens with zero attached hydrogens (tertiary/aromatic N) is 3. The Bertz CT molecular complexity index is 1370. The molecule has 2 heterocycles. The molecule has 2 aromatic heterocycles. The van der Waals surface area contributed by atoms with Crippen LogP contribution in [0.25, 0.3) is 15.9 Å². The molecule has 156 valence electrons. The summed E-state index contributed by atoms with van der Waals surface area (Å²) >= 11 is 1.07. The summed E-state index contributed by atoms with van der Waals surface area (Å²) in [6.07, 6.45) is 4.39. The molecule has 4 rings (SSSR count). The molecule has 9 heteroatoms. The number of sulfonamides is 1. The Morgan fingerprint density at radius 1 is 1.17 bits per heavy atom. The number of aryl methyl sites for hydroxylation is 2. The van der Waals surface area contributed by atoms with Gasteiger partial charge in [-0.1, -0.05) is 36.5 Å². The standard InChI is InChI=1S/C21H22N4O3S2/c1-3-11-25-19-9-8-17(13-20(19)29-21(25)26)30(27,28)23-14-16-6-4-5-7-18(16)24-12-10-22-15(24)2/h4-10,12-13,23H,3,11,14H2,1-2H3. The van der Waals surface area contributed by atoms with Crippen molar-refractivity contribution in [3.05, 3.63) is 75.9 Å². The van der Waals surface area contributed by atoms with Gasteiger partial charge in [0.05, 0.1) is 20.8 Å². The molecule has 1 N–H and O–H groups in total. The molecule has 0 unspecified atom stereocenters. The van der Waals surface area contributed by atoms with Crippen LogP contribution < -0.4 is 9.60 Å². The van der Waals surface area contributed by atoms with Gasteiger partial charge < -0.3 is 4.57 Å². The maximum absolute atomic E-state index is 12.9. The molecule has 0 fully saturated rings. The van der Waals surface area contributed by atoms with Crippen molar-refractivity contribution in [3.8, 4) is 5.69 Å². The summed E-state index contributed by atoms with van der Waals surface area (Å²) in [6.45, 7) is 4.66. The number of aromatic nitrogens is 3. The molecular formula is C21H22N4O3S2. The average Bonchev–Trinajstić information content (AvgIpc) is 3.29. The van der Waals surface area contributed by atoms with E-state index in [-0.39, 0.29) is 16.3 Å². The van der Waals surface area contributed by atoms with E-state index >= 15 is 0 Å². The Morgan fingerprint density at radius 3 is 2.70 bits per heavy atom. The third-order valence-corrected chi connectivity index (χ3v) is 7.27. The minimum absolute atomic E-state index is 0.0704. The SMILES string of the molecule is CCCn1c(=O)sc2cc(S(=O)(=O)NCc3ccccc3-n3ccnc3C)ccc21. The molecule has 0 saturated heterocycles. The first kappa shape index (κ1) is 20.5. The predicted octanol–water partition coefficient (Wildman–Crippen LogP) is 3.45. The molecule has 2 aromatic carbocycles. The quantitative estimate of drug-likeness (QED) is 0.475. The van der Waals surface area contributed by atoms with E-state index in [9.17, 15) is 13.2 Å². The van der Waals surface area contributed by atoms with Gasteiger partial charge in [-0.05, 0) is 43.2 Å². The molecule has 0 saturated carbocycles. The molecule has 0 aliphatic carbocycles. The van der Waals surface area contributed by atoms with Gasteiger partial charge in [0.25, 0.3) is 0 Å². The van der Waals surface area contributed by atoms with Crippen LogP contribution in [0.1, 0.15) is 24.7 Å². The Labute approximate surface area is 178 Å². The van der Waals surface area contributed by atoms with Gasteiger partial charge in [-0.3, -0.25) is 9.36 Å². The van der Waals surface area contributed by atoms with Crippen LogP contribution in [0, 0.1) is 6.92 Å². The van der Waals surface area contributed by atoms with Crippen LogP contribution in [0.4, 0.5) is 0 Å². The van der Waals surface area contributed by atoms with E-state index in [0.717, 1.165) is 40.3 Å². The van der Waals surface area contributed by atoms with E-state index in [1.807, 2.05) is 48.9 Å². The van der Waals surface area contributed by atoms with Crippen LogP contribution in [0.2, 0.25) is 0 Å². The number of rotatable bonds is 7. The van der Waals surface area contributed by atoms with Crippen molar-refractivity contribution in [1.82, 2.24) is 18.8 Å². The van der Waals surface area contributed by atoms with Gasteiger partial charge in [-0.15, -0.1) is 0 Å². The molecule has 0 amide bonds. The maximum atomic E-state index is 12.9. The zero-order chi connectivity index (χ0) is 21.3. The molecule has 0 aliphatic heterocycles. The lowest BCUT2D eigenvalue weighted by Gasteiger charge is -2.13. The van der Waals surface area contributed by atoms with Crippen molar-refractivity contribution in [2.45, 2.75) is 38.3 Å². The van der Waals surface area contributed by atoms with Crippen molar-refractivity contribution in [1.29, 1.82) is 0 Å². The second kappa shape index (κ2) is 8.17. The van der Waals surface area contributed by atoms with Crippen molar-refractivity contribution in [2.24, 2.45) is 0 Å². The Kier molecular flexibility index (Phi) is 5.59. The predicted molar refractivity (Wildman–Crippen MR) is 119 cm³/mol. The average molecular weight is 443 g/mol. The highest BCUT2D eigenvalue weighted by Crippen LogP contribution is 2.23. The lowest BCUT2D eigenvalue weighted by molar-refractivity contribution is 0.581. The first-order valence-electron chi connectivity index (χ1n) is 9.62. The van der Waals surface area contributed by atoms with E-state index in [2.05, 4.69) is 9.71 Å². The number of fused-ring (bicyclic) bond motifs is 1. The molecule has 0 aliphatic rings. The van der Waals surface area contributed by atoms with E-state index in [1.54, 1.807) is 29.0 Å². The molecule has 4 aromatic rings. The second-order valence-electron chi connectivity index (χ2n) is 6.95. The summed E-state index contributed by atoms with van der Waals surface area (Å²) in [5.74, 6) is 0.822. The first-order chi connectivity index (χ1) is 14.4. The van der Waals surface area contributed by atoms with Crippen molar-refractivity contribution < 1.29 is 8.42 Å². The van der Waals surface area contributed by atoms with E-state index in [0.29, 0.717) is 11.2 Å². The van der Waals surface area contributed by atoms with Gasteiger partial charge >= 0.3 is 4.87 Å². The van der Waals surface area contributed by atoms with Crippen molar-refractivity contribution >= 4 is 31.6 Å². The second-order valence-corrected chi connectivity index (χ2v) is 9.71. The number of hydrogen-bond acceptors (Lipinski definition) is 5. The van der Waals surface area contributed by atoms with Crippen molar-refractivity contribution in [2.75, 3.05) is 0 Å². The summed E-state index contributed by atoms with van der Waals surface area (Å²) in [7, 11) is -3.74. The fraction of sp³-hybridized carbons (Fsp3) is 0.238. The van der Waals surface area contributed by atoms with Crippen LogP contribution in [-0.2, 0) is 23.1 Å². The summed E-state index contributed by atoms with van der Waals surface area (Å²) in [4.78, 5) is 16.5. The van der Waals surface area contributed by atoms with E-state index < -0.39 is 10.0 Å². The largest absolute Gasteiger partial charge is 0.308 e. The zero-order valence-electron chi connectivity index (χ0n) is 16.7. The number of hydrogen-bond donors (Lipinski definition) is 1. The number of imidazole rings is 1. The summed E-state index contributed by atoms with van der Waals surface area (Å²) < 4.78 is 32.8. The molecule has 7 nitrogen and oxygen atoms in total. The molecule has 0 bridgehead atoms. The summed E-state index contributed by atoms with van der Waals surface area (Å²) in [6, 6.07) is 12.4. The summed E-state index contributed by atoms with van der Waals surface area (Å²) in [5.41, 5.74) is 2.48. The van der Waals surface area contributed by atoms with Crippen LogP contribution in [0.3, 0.4) is 0 Å². The summed E-state index contributed by atoms with van der Waals surface area (Å²) in [5, 5.41) is 0. The molecule has 30 heavy (non-hydrogen) atoms. The van der Waals surface area contributed by atoms with E-state index in [1.165, 1.54) is 0 Å². The Morgan fingerprint density at radius 2 is 1.97 bits per heavy atom. The van der Waals surface area contributed by atoms with Gasteiger partial charge in [-0.25, -0.2) is 18.1 Å². The lowest BCUT2D eigenvalue weighted by atomic mass is 10.2. The van der Waals surface area contributed by atoms with Gasteiger partial charge in [0.15, 0.2) is 0 Å². The number of para-hydroxylation sites is 1. The first-order valence-corrected chi connectivity index (χ1v) is 11.9. The molecule has 0 radical (unpaired) electrons. The Balaban J connectivity index is 1.62. The third-order valence-electron chi connectivity index (χ3n) is 4.93. The maximum Gasteiger partial charge on any atom is 0.308 e. The third kappa shape index (κ3) is 3.83. The topological polar surface area (TPSA) is 86.0 Å².